The van der Waals surface area contributed by atoms with Crippen molar-refractivity contribution in [2.75, 3.05) is 12.3 Å². The predicted octanol–water partition coefficient (Wildman–Crippen LogP) is 1.43. The van der Waals surface area contributed by atoms with Crippen LogP contribution in [-0.4, -0.2) is 69.6 Å². The van der Waals surface area contributed by atoms with E-state index in [4.69, 9.17) is 37.3 Å². The number of carbonyl (C=O) groups excluding carboxylic acids is 2. The first-order valence-electron chi connectivity index (χ1n) is 11.2. The van der Waals surface area contributed by atoms with Crippen LogP contribution in [0.15, 0.2) is 24.3 Å². The number of carbonyl (C=O) groups is 5. The summed E-state index contributed by atoms with van der Waals surface area (Å²) in [4.78, 5) is 52.7. The van der Waals surface area contributed by atoms with E-state index in [1.54, 1.807) is 46.8 Å². The second-order valence-corrected chi connectivity index (χ2v) is 9.01. The van der Waals surface area contributed by atoms with Crippen LogP contribution in [0.4, 0.5) is 15.3 Å². The highest BCUT2D eigenvalue weighted by molar-refractivity contribution is 5.87. The number of rotatable bonds is 9. The molecule has 37 heavy (non-hydrogen) atoms. The van der Waals surface area contributed by atoms with Gasteiger partial charge in [-0.2, -0.15) is 0 Å². The number of carboxylic acid groups (broad SMARTS) is 3. The lowest BCUT2D eigenvalue weighted by Gasteiger charge is -2.23. The minimum absolute atomic E-state index is 0.185. The summed E-state index contributed by atoms with van der Waals surface area (Å²) < 4.78 is 4.96. The molecule has 210 valence electrons. The van der Waals surface area contributed by atoms with Crippen LogP contribution in [-0.2, 0) is 14.3 Å². The number of urea groups is 1. The SMILES string of the molecule is CC(C)C(NC(=O)OC(C)(C)C)C(=O)O.NC(=O)NCCCC(N)C(=O)O.Nc1ccc(C(=O)O)cc1. The quantitative estimate of drug-likeness (QED) is 0.167. The molecule has 0 aromatic heterocycles. The number of nitrogen functional groups attached to an aromatic ring is 1. The van der Waals surface area contributed by atoms with Gasteiger partial charge in [0.2, 0.25) is 0 Å². The summed E-state index contributed by atoms with van der Waals surface area (Å²) in [6, 6.07) is 3.67. The highest BCUT2D eigenvalue weighted by atomic mass is 16.6. The maximum absolute atomic E-state index is 11.3. The van der Waals surface area contributed by atoms with E-state index in [1.165, 1.54) is 12.1 Å². The Morgan fingerprint density at radius 2 is 1.49 bits per heavy atom. The van der Waals surface area contributed by atoms with Crippen LogP contribution < -0.4 is 27.8 Å². The topological polar surface area (TPSA) is 257 Å². The molecular weight excluding hydrogens is 490 g/mol. The van der Waals surface area contributed by atoms with Crippen LogP contribution in [0.5, 0.6) is 0 Å². The Hall–Kier alpha value is -4.07. The molecule has 1 rings (SSSR count). The van der Waals surface area contributed by atoms with Gasteiger partial charge in [-0.1, -0.05) is 13.8 Å². The molecule has 0 fully saturated rings. The van der Waals surface area contributed by atoms with Gasteiger partial charge in [-0.15, -0.1) is 0 Å². The molecule has 11 N–H and O–H groups in total. The normalized spacial score (nSPS) is 11.9. The smallest absolute Gasteiger partial charge is 0.408 e. The molecule has 14 nitrogen and oxygen atoms in total. The number of carboxylic acids is 3. The largest absolute Gasteiger partial charge is 0.480 e. The number of nitrogens with two attached hydrogens (primary N) is 3. The molecule has 0 radical (unpaired) electrons. The molecule has 0 bridgehead atoms. The van der Waals surface area contributed by atoms with Gasteiger partial charge in [-0.25, -0.2) is 19.2 Å². The summed E-state index contributed by atoms with van der Waals surface area (Å²) >= 11 is 0. The maximum atomic E-state index is 11.3. The minimum Gasteiger partial charge on any atom is -0.480 e. The number of nitrogens with one attached hydrogen (secondary N) is 2. The summed E-state index contributed by atoms with van der Waals surface area (Å²) in [5, 5.41) is 30.3. The molecule has 2 unspecified atom stereocenters. The minimum atomic E-state index is -1.06. The molecule has 3 amide bonds. The first kappa shape index (κ1) is 35.1. The fourth-order valence-electron chi connectivity index (χ4n) is 2.23. The number of anilines is 1. The Morgan fingerprint density at radius 1 is 0.973 bits per heavy atom. The monoisotopic (exact) mass is 529 g/mol. The molecule has 0 aliphatic rings. The van der Waals surface area contributed by atoms with Crippen molar-refractivity contribution in [3.63, 3.8) is 0 Å². The molecule has 14 heteroatoms. The molecule has 0 heterocycles. The van der Waals surface area contributed by atoms with Crippen LogP contribution in [0, 0.1) is 5.92 Å². The van der Waals surface area contributed by atoms with E-state index in [0.717, 1.165) is 0 Å². The number of primary amides is 1. The van der Waals surface area contributed by atoms with Crippen molar-refractivity contribution in [2.45, 2.75) is 65.1 Å². The molecular formula is C23H39N5O9. The molecule has 0 aliphatic heterocycles. The molecule has 0 spiro atoms. The highest BCUT2D eigenvalue weighted by Gasteiger charge is 2.26. The average molecular weight is 530 g/mol. The van der Waals surface area contributed by atoms with Crippen molar-refractivity contribution in [3.8, 4) is 0 Å². The van der Waals surface area contributed by atoms with Gasteiger partial charge < -0.3 is 47.9 Å². The number of aromatic carboxylic acids is 1. The van der Waals surface area contributed by atoms with Gasteiger partial charge in [0.25, 0.3) is 0 Å². The van der Waals surface area contributed by atoms with Gasteiger partial charge in [-0.05, 0) is 63.8 Å². The third-order valence-electron chi connectivity index (χ3n) is 4.07. The van der Waals surface area contributed by atoms with Gasteiger partial charge in [0.1, 0.15) is 17.7 Å². The Labute approximate surface area is 215 Å². The zero-order valence-corrected chi connectivity index (χ0v) is 21.7. The lowest BCUT2D eigenvalue weighted by atomic mass is 10.1. The Balaban J connectivity index is 0. The molecule has 0 saturated heterocycles. The van der Waals surface area contributed by atoms with Gasteiger partial charge in [0.15, 0.2) is 0 Å². The van der Waals surface area contributed by atoms with Crippen molar-refractivity contribution in [2.24, 2.45) is 17.4 Å². The number of aliphatic carboxylic acids is 2. The second kappa shape index (κ2) is 17.4. The number of benzene rings is 1. The van der Waals surface area contributed by atoms with Crippen molar-refractivity contribution in [1.29, 1.82) is 0 Å². The van der Waals surface area contributed by atoms with Crippen LogP contribution in [0.25, 0.3) is 0 Å². The van der Waals surface area contributed by atoms with Gasteiger partial charge in [0.05, 0.1) is 5.56 Å². The van der Waals surface area contributed by atoms with Gasteiger partial charge in [0, 0.05) is 12.2 Å². The Morgan fingerprint density at radius 3 is 1.84 bits per heavy atom. The summed E-state index contributed by atoms with van der Waals surface area (Å²) in [5.41, 5.74) is 15.5. The van der Waals surface area contributed by atoms with Gasteiger partial charge in [-0.3, -0.25) is 4.79 Å². The third kappa shape index (κ3) is 19.9. The molecule has 1 aromatic carbocycles. The summed E-state index contributed by atoms with van der Waals surface area (Å²) in [6.45, 7) is 8.95. The number of amides is 3. The molecule has 1 aromatic rings. The number of hydrogen-bond donors (Lipinski definition) is 8. The van der Waals surface area contributed by atoms with Crippen molar-refractivity contribution >= 4 is 35.7 Å². The zero-order chi connectivity index (χ0) is 29.3. The first-order chi connectivity index (χ1) is 16.9. The van der Waals surface area contributed by atoms with E-state index in [-0.39, 0.29) is 11.5 Å². The van der Waals surface area contributed by atoms with Crippen LogP contribution >= 0.6 is 0 Å². The van der Waals surface area contributed by atoms with Crippen molar-refractivity contribution in [3.05, 3.63) is 29.8 Å². The maximum Gasteiger partial charge on any atom is 0.408 e. The number of hydrogen-bond acceptors (Lipinski definition) is 8. The average Bonchev–Trinajstić information content (AvgIpc) is 2.74. The molecule has 0 aliphatic carbocycles. The predicted molar refractivity (Wildman–Crippen MR) is 136 cm³/mol. The zero-order valence-electron chi connectivity index (χ0n) is 21.7. The molecule has 0 saturated carbocycles. The summed E-state index contributed by atoms with van der Waals surface area (Å²) in [6.07, 6.45) is 0.134. The Kier molecular flexibility index (Phi) is 16.5. The first-order valence-corrected chi connectivity index (χ1v) is 11.2. The fourth-order valence-corrected chi connectivity index (χ4v) is 2.23. The van der Waals surface area contributed by atoms with E-state index in [0.29, 0.717) is 25.1 Å². The molecule has 2 atom stereocenters. The highest BCUT2D eigenvalue weighted by Crippen LogP contribution is 2.08. The van der Waals surface area contributed by atoms with E-state index in [1.807, 2.05) is 0 Å². The van der Waals surface area contributed by atoms with Crippen LogP contribution in [0.3, 0.4) is 0 Å². The fraction of sp³-hybridized carbons (Fsp3) is 0.522. The van der Waals surface area contributed by atoms with Crippen molar-refractivity contribution < 1.29 is 44.0 Å². The third-order valence-corrected chi connectivity index (χ3v) is 4.07. The standard InChI is InChI=1S/C10H19NO4.C7H7NO2.C6H13N3O3/c1-6(2)7(8(12)13)11-9(14)15-10(3,4)5;8-6-3-1-5(2-4-6)7(9)10;7-4(5(10)11)2-1-3-9-6(8)12/h6-7H,1-5H3,(H,11,14)(H,12,13);1-4H,8H2,(H,9,10);4H,1-3,7H2,(H,10,11)(H3,8,9,12). The summed E-state index contributed by atoms with van der Waals surface area (Å²) in [5.74, 6) is -3.21. The Bertz CT molecular complexity index is 884. The summed E-state index contributed by atoms with van der Waals surface area (Å²) in [7, 11) is 0. The number of alkyl carbamates (subject to hydrolysis) is 1. The van der Waals surface area contributed by atoms with Crippen LogP contribution in [0.1, 0.15) is 57.8 Å². The van der Waals surface area contributed by atoms with E-state index in [9.17, 15) is 24.0 Å². The van der Waals surface area contributed by atoms with E-state index >= 15 is 0 Å². The number of ether oxygens (including phenoxy) is 1. The lowest BCUT2D eigenvalue weighted by Crippen LogP contribution is -2.46. The van der Waals surface area contributed by atoms with Gasteiger partial charge >= 0.3 is 30.0 Å². The van der Waals surface area contributed by atoms with Crippen LogP contribution in [0.2, 0.25) is 0 Å². The lowest BCUT2D eigenvalue weighted by molar-refractivity contribution is -0.141. The second-order valence-electron chi connectivity index (χ2n) is 9.01. The van der Waals surface area contributed by atoms with Crippen molar-refractivity contribution in [1.82, 2.24) is 10.6 Å². The van der Waals surface area contributed by atoms with E-state index < -0.39 is 47.7 Å². The van der Waals surface area contributed by atoms with E-state index in [2.05, 4.69) is 10.6 Å².